The fraction of sp³-hybridized carbons (Fsp3) is 0.429. The second-order valence-electron chi connectivity index (χ2n) is 8.50. The number of nitrogens with zero attached hydrogens (tertiary/aromatic N) is 3. The first-order chi connectivity index (χ1) is 15.7. The predicted octanol–water partition coefficient (Wildman–Crippen LogP) is 2.07. The number of carbonyl (C=O) groups excluding carboxylic acids is 2. The van der Waals surface area contributed by atoms with Gasteiger partial charge < -0.3 is 16.4 Å². The molecule has 1 aromatic carbocycles. The SMILES string of the molecule is NC(=O)C1C2CC(CNC(=O)Cc3cccc([N+](=O)[O-])c3)C(C2)C1Nc1nc(Cl)ncc1F. The van der Waals surface area contributed by atoms with Crippen LogP contribution in [-0.2, 0) is 16.0 Å². The average Bonchev–Trinajstić information content (AvgIpc) is 3.33. The Balaban J connectivity index is 1.41. The van der Waals surface area contributed by atoms with E-state index in [1.807, 2.05) is 0 Å². The summed E-state index contributed by atoms with van der Waals surface area (Å²) in [6, 6.07) is 5.49. The van der Waals surface area contributed by atoms with Crippen LogP contribution in [-0.4, -0.2) is 39.3 Å². The van der Waals surface area contributed by atoms with Gasteiger partial charge in [0.2, 0.25) is 17.1 Å². The quantitative estimate of drug-likeness (QED) is 0.299. The highest BCUT2D eigenvalue weighted by Gasteiger charge is 2.54. The molecule has 4 N–H and O–H groups in total. The molecule has 5 unspecified atom stereocenters. The van der Waals surface area contributed by atoms with Crippen LogP contribution >= 0.6 is 11.6 Å². The Morgan fingerprint density at radius 3 is 2.85 bits per heavy atom. The molecule has 0 spiro atoms. The molecule has 1 heterocycles. The lowest BCUT2D eigenvalue weighted by atomic mass is 9.77. The maximum Gasteiger partial charge on any atom is 0.269 e. The van der Waals surface area contributed by atoms with Gasteiger partial charge in [0, 0.05) is 24.7 Å². The van der Waals surface area contributed by atoms with Crippen LogP contribution in [0, 0.1) is 39.6 Å². The number of anilines is 1. The van der Waals surface area contributed by atoms with E-state index < -0.39 is 28.6 Å². The smallest absolute Gasteiger partial charge is 0.269 e. The van der Waals surface area contributed by atoms with Gasteiger partial charge in [-0.15, -0.1) is 0 Å². The minimum absolute atomic E-state index is 0.0126. The van der Waals surface area contributed by atoms with Gasteiger partial charge in [-0.25, -0.2) is 9.37 Å². The van der Waals surface area contributed by atoms with Crippen LogP contribution in [0.2, 0.25) is 5.28 Å². The number of halogens is 2. The van der Waals surface area contributed by atoms with E-state index in [0.29, 0.717) is 18.5 Å². The van der Waals surface area contributed by atoms with Crippen molar-refractivity contribution in [3.8, 4) is 0 Å². The third-order valence-electron chi connectivity index (χ3n) is 6.54. The van der Waals surface area contributed by atoms with Crippen molar-refractivity contribution < 1.29 is 18.9 Å². The van der Waals surface area contributed by atoms with E-state index in [1.54, 1.807) is 6.07 Å². The fourth-order valence-electron chi connectivity index (χ4n) is 5.21. The Hall–Kier alpha value is -3.34. The molecule has 2 aliphatic rings. The first-order valence-corrected chi connectivity index (χ1v) is 10.8. The number of non-ortho nitro benzene ring substituents is 1. The molecule has 5 atom stereocenters. The standard InChI is InChI=1S/C21H22ClFN6O4/c22-21-26-9-15(23)20(28-21)27-18-14-7-11(17(18)19(24)31)6-12(14)8-25-16(30)5-10-2-1-3-13(4-10)29(32)33/h1-4,9,11-12,14,17-18H,5-8H2,(H2,24,31)(H,25,30)(H,26,27,28). The number of nitro benzene ring substituents is 1. The van der Waals surface area contributed by atoms with Gasteiger partial charge in [-0.1, -0.05) is 12.1 Å². The van der Waals surface area contributed by atoms with E-state index in [-0.39, 0.29) is 46.9 Å². The van der Waals surface area contributed by atoms with Crippen molar-refractivity contribution in [3.05, 3.63) is 57.2 Å². The Morgan fingerprint density at radius 1 is 1.33 bits per heavy atom. The monoisotopic (exact) mass is 476 g/mol. The van der Waals surface area contributed by atoms with Crippen LogP contribution in [0.3, 0.4) is 0 Å². The molecule has 174 valence electrons. The van der Waals surface area contributed by atoms with Crippen molar-refractivity contribution in [2.24, 2.45) is 29.4 Å². The van der Waals surface area contributed by atoms with Gasteiger partial charge >= 0.3 is 0 Å². The number of benzene rings is 1. The number of primary amides is 1. The maximum absolute atomic E-state index is 14.2. The Labute approximate surface area is 193 Å². The fourth-order valence-corrected chi connectivity index (χ4v) is 5.35. The zero-order chi connectivity index (χ0) is 23.7. The lowest BCUT2D eigenvalue weighted by Gasteiger charge is -2.35. The van der Waals surface area contributed by atoms with E-state index in [0.717, 1.165) is 12.6 Å². The lowest BCUT2D eigenvalue weighted by Crippen LogP contribution is -2.47. The van der Waals surface area contributed by atoms with Gasteiger partial charge in [-0.05, 0) is 47.8 Å². The lowest BCUT2D eigenvalue weighted by molar-refractivity contribution is -0.384. The van der Waals surface area contributed by atoms with Gasteiger partial charge in [0.25, 0.3) is 5.69 Å². The van der Waals surface area contributed by atoms with E-state index in [1.165, 1.54) is 18.2 Å². The molecular formula is C21H22ClFN6O4. The summed E-state index contributed by atoms with van der Waals surface area (Å²) in [5.41, 5.74) is 6.10. The number of hydrogen-bond donors (Lipinski definition) is 3. The zero-order valence-electron chi connectivity index (χ0n) is 17.4. The van der Waals surface area contributed by atoms with Gasteiger partial charge in [0.15, 0.2) is 11.6 Å². The number of nitro groups is 1. The van der Waals surface area contributed by atoms with Crippen molar-refractivity contribution in [2.45, 2.75) is 25.3 Å². The maximum atomic E-state index is 14.2. The molecule has 2 amide bonds. The average molecular weight is 477 g/mol. The second-order valence-corrected chi connectivity index (χ2v) is 8.84. The number of carbonyl (C=O) groups is 2. The number of nitrogens with two attached hydrogens (primary N) is 1. The highest BCUT2D eigenvalue weighted by Crippen LogP contribution is 2.52. The minimum atomic E-state index is -0.688. The number of fused-ring (bicyclic) bond motifs is 2. The highest BCUT2D eigenvalue weighted by molar-refractivity contribution is 6.28. The predicted molar refractivity (Wildman–Crippen MR) is 117 cm³/mol. The zero-order valence-corrected chi connectivity index (χ0v) is 18.2. The Morgan fingerprint density at radius 2 is 2.12 bits per heavy atom. The highest BCUT2D eigenvalue weighted by atomic mass is 35.5. The summed E-state index contributed by atoms with van der Waals surface area (Å²) >= 11 is 5.78. The summed E-state index contributed by atoms with van der Waals surface area (Å²) in [6.07, 6.45) is 2.40. The van der Waals surface area contributed by atoms with Crippen molar-refractivity contribution in [1.29, 1.82) is 0 Å². The van der Waals surface area contributed by atoms with Crippen LogP contribution in [0.25, 0.3) is 0 Å². The molecule has 2 fully saturated rings. The van der Waals surface area contributed by atoms with E-state index >= 15 is 0 Å². The van der Waals surface area contributed by atoms with Gasteiger partial charge in [-0.3, -0.25) is 19.7 Å². The summed E-state index contributed by atoms with van der Waals surface area (Å²) in [4.78, 5) is 42.4. The first kappa shape index (κ1) is 22.8. The second kappa shape index (κ2) is 9.26. The largest absolute Gasteiger partial charge is 0.369 e. The number of aromatic nitrogens is 2. The van der Waals surface area contributed by atoms with Crippen LogP contribution in [0.5, 0.6) is 0 Å². The Kier molecular flexibility index (Phi) is 6.41. The normalized spacial score (nSPS) is 25.6. The molecule has 2 saturated carbocycles. The van der Waals surface area contributed by atoms with Crippen LogP contribution in [0.4, 0.5) is 15.9 Å². The van der Waals surface area contributed by atoms with E-state index in [9.17, 15) is 24.1 Å². The van der Waals surface area contributed by atoms with Crippen molar-refractivity contribution in [1.82, 2.24) is 15.3 Å². The molecule has 0 radical (unpaired) electrons. The molecule has 4 rings (SSSR count). The van der Waals surface area contributed by atoms with Gasteiger partial charge in [-0.2, -0.15) is 4.98 Å². The number of amides is 2. The number of hydrogen-bond acceptors (Lipinski definition) is 7. The molecule has 2 aromatic rings. The molecule has 0 saturated heterocycles. The van der Waals surface area contributed by atoms with Gasteiger partial charge in [0.05, 0.1) is 23.5 Å². The molecule has 0 aliphatic heterocycles. The Bertz CT molecular complexity index is 1100. The van der Waals surface area contributed by atoms with Crippen molar-refractivity contribution in [2.75, 3.05) is 11.9 Å². The number of nitrogens with one attached hydrogen (secondary N) is 2. The molecule has 33 heavy (non-hydrogen) atoms. The minimum Gasteiger partial charge on any atom is -0.369 e. The number of rotatable bonds is 8. The third kappa shape index (κ3) is 4.87. The topological polar surface area (TPSA) is 153 Å². The van der Waals surface area contributed by atoms with Crippen LogP contribution < -0.4 is 16.4 Å². The molecule has 12 heteroatoms. The van der Waals surface area contributed by atoms with Gasteiger partial charge in [0.1, 0.15) is 0 Å². The summed E-state index contributed by atoms with van der Waals surface area (Å²) in [5.74, 6) is -1.95. The molecule has 2 aliphatic carbocycles. The van der Waals surface area contributed by atoms with Crippen molar-refractivity contribution >= 4 is 34.9 Å². The summed E-state index contributed by atoms with van der Waals surface area (Å²) in [6.45, 7) is 0.367. The first-order valence-electron chi connectivity index (χ1n) is 10.5. The van der Waals surface area contributed by atoms with E-state index in [2.05, 4.69) is 20.6 Å². The molecular weight excluding hydrogens is 455 g/mol. The summed E-state index contributed by atoms with van der Waals surface area (Å²) in [7, 11) is 0. The summed E-state index contributed by atoms with van der Waals surface area (Å²) in [5, 5.41) is 16.7. The molecule has 1 aromatic heterocycles. The molecule has 2 bridgehead atoms. The van der Waals surface area contributed by atoms with E-state index in [4.69, 9.17) is 17.3 Å². The van der Waals surface area contributed by atoms with Crippen LogP contribution in [0.15, 0.2) is 30.5 Å². The van der Waals surface area contributed by atoms with Crippen molar-refractivity contribution in [3.63, 3.8) is 0 Å². The summed E-state index contributed by atoms with van der Waals surface area (Å²) < 4.78 is 14.2. The van der Waals surface area contributed by atoms with Crippen LogP contribution in [0.1, 0.15) is 18.4 Å². The molecule has 10 nitrogen and oxygen atoms in total. The third-order valence-corrected chi connectivity index (χ3v) is 6.72.